The van der Waals surface area contributed by atoms with E-state index in [1.807, 2.05) is 32.0 Å². The Morgan fingerprint density at radius 1 is 1.03 bits per heavy atom. The number of thiazole rings is 1. The van der Waals surface area contributed by atoms with E-state index in [1.165, 1.54) is 23.3 Å². The summed E-state index contributed by atoms with van der Waals surface area (Å²) in [6.45, 7) is 4.31. The maximum Gasteiger partial charge on any atom is 0.337 e. The number of ketones is 1. The number of benzene rings is 3. The molecule has 0 saturated carbocycles. The van der Waals surface area contributed by atoms with Gasteiger partial charge in [-0.05, 0) is 49.7 Å². The molecule has 1 N–H and O–H groups in total. The van der Waals surface area contributed by atoms with E-state index in [4.69, 9.17) is 9.47 Å². The second-order valence-corrected chi connectivity index (χ2v) is 9.72. The molecule has 5 rings (SSSR count). The normalized spacial score (nSPS) is 16.7. The number of nitrogens with zero attached hydrogens (tertiary/aromatic N) is 2. The number of aliphatic hydroxyl groups excluding tert-OH is 1. The molecule has 1 aromatic heterocycles. The van der Waals surface area contributed by atoms with Crippen LogP contribution in [0, 0.1) is 6.92 Å². The molecule has 9 heteroatoms. The Kier molecular flexibility index (Phi) is 6.69. The second kappa shape index (κ2) is 10.1. The number of ether oxygens (including phenoxy) is 2. The zero-order valence-corrected chi connectivity index (χ0v) is 21.7. The van der Waals surface area contributed by atoms with Gasteiger partial charge >= 0.3 is 11.9 Å². The number of methoxy groups -OCH3 is 1. The third-order valence-electron chi connectivity index (χ3n) is 6.28. The number of amides is 1. The summed E-state index contributed by atoms with van der Waals surface area (Å²) >= 11 is 1.25. The van der Waals surface area contributed by atoms with Gasteiger partial charge in [-0.25, -0.2) is 9.78 Å². The van der Waals surface area contributed by atoms with Crippen molar-refractivity contribution in [2.45, 2.75) is 19.9 Å². The molecule has 1 aliphatic heterocycles. The zero-order valence-electron chi connectivity index (χ0n) is 20.9. The number of carbonyl (C=O) groups is 3. The maximum absolute atomic E-state index is 13.5. The molecule has 1 fully saturated rings. The van der Waals surface area contributed by atoms with Gasteiger partial charge in [-0.3, -0.25) is 14.5 Å². The molecule has 2 heterocycles. The van der Waals surface area contributed by atoms with E-state index in [0.717, 1.165) is 10.3 Å². The molecule has 0 radical (unpaired) electrons. The molecular weight excluding hydrogens is 504 g/mol. The standard InChI is InChI=1S/C29H24N2O6S/c1-4-37-20-13-14-21-22(15-20)38-29(30-21)31-24(17-9-11-19(12-10-17)28(35)36-3)23(26(33)27(31)34)25(32)18-7-5-16(2)6-8-18/h5-15,24,32H,4H2,1-3H3/t24-/m1/s1. The molecule has 3 aromatic carbocycles. The average molecular weight is 529 g/mol. The predicted molar refractivity (Wildman–Crippen MR) is 145 cm³/mol. The highest BCUT2D eigenvalue weighted by Crippen LogP contribution is 2.44. The summed E-state index contributed by atoms with van der Waals surface area (Å²) in [5.74, 6) is -1.75. The van der Waals surface area contributed by atoms with Gasteiger partial charge in [-0.15, -0.1) is 0 Å². The van der Waals surface area contributed by atoms with E-state index in [-0.39, 0.29) is 11.3 Å². The van der Waals surface area contributed by atoms with Crippen molar-refractivity contribution in [3.63, 3.8) is 0 Å². The highest BCUT2D eigenvalue weighted by molar-refractivity contribution is 7.22. The van der Waals surface area contributed by atoms with Crippen molar-refractivity contribution in [2.75, 3.05) is 18.6 Å². The van der Waals surface area contributed by atoms with Gasteiger partial charge in [0.1, 0.15) is 11.5 Å². The van der Waals surface area contributed by atoms with Crippen LogP contribution in [-0.2, 0) is 14.3 Å². The van der Waals surface area contributed by atoms with Gasteiger partial charge in [0.15, 0.2) is 5.13 Å². The molecule has 192 valence electrons. The van der Waals surface area contributed by atoms with E-state index in [1.54, 1.807) is 48.5 Å². The van der Waals surface area contributed by atoms with Gasteiger partial charge in [0, 0.05) is 5.56 Å². The molecular formula is C29H24N2O6S. The number of carbonyl (C=O) groups excluding carboxylic acids is 3. The average Bonchev–Trinajstić information content (AvgIpc) is 3.46. The summed E-state index contributed by atoms with van der Waals surface area (Å²) in [4.78, 5) is 44.8. The molecule has 8 nitrogen and oxygen atoms in total. The summed E-state index contributed by atoms with van der Waals surface area (Å²) in [7, 11) is 1.29. The fourth-order valence-electron chi connectivity index (χ4n) is 4.38. The lowest BCUT2D eigenvalue weighted by molar-refractivity contribution is -0.132. The number of aryl methyl sites for hydroxylation is 1. The maximum atomic E-state index is 13.5. The second-order valence-electron chi connectivity index (χ2n) is 8.71. The highest BCUT2D eigenvalue weighted by Gasteiger charge is 2.48. The topological polar surface area (TPSA) is 106 Å². The van der Waals surface area contributed by atoms with Crippen molar-refractivity contribution >= 4 is 50.1 Å². The van der Waals surface area contributed by atoms with E-state index in [0.29, 0.717) is 39.7 Å². The molecule has 4 aromatic rings. The molecule has 0 bridgehead atoms. The first kappa shape index (κ1) is 25.2. The number of Topliss-reactive ketones (excluding diaryl/α,β-unsaturated/α-hetero) is 1. The number of aliphatic hydroxyl groups is 1. The van der Waals surface area contributed by atoms with Crippen LogP contribution in [0.4, 0.5) is 5.13 Å². The lowest BCUT2D eigenvalue weighted by Gasteiger charge is -2.23. The Balaban J connectivity index is 1.68. The zero-order chi connectivity index (χ0) is 27.0. The molecule has 0 spiro atoms. The van der Waals surface area contributed by atoms with Gasteiger partial charge in [-0.2, -0.15) is 0 Å². The highest BCUT2D eigenvalue weighted by atomic mass is 32.1. The van der Waals surface area contributed by atoms with Crippen molar-refractivity contribution < 1.29 is 29.0 Å². The number of aromatic nitrogens is 1. The van der Waals surface area contributed by atoms with Crippen molar-refractivity contribution in [1.29, 1.82) is 0 Å². The Morgan fingerprint density at radius 3 is 2.37 bits per heavy atom. The Bertz CT molecular complexity index is 1590. The fourth-order valence-corrected chi connectivity index (χ4v) is 5.40. The third-order valence-corrected chi connectivity index (χ3v) is 7.30. The minimum atomic E-state index is -0.963. The number of anilines is 1. The van der Waals surface area contributed by atoms with Crippen molar-refractivity contribution in [3.05, 3.63) is 94.6 Å². The van der Waals surface area contributed by atoms with Crippen LogP contribution < -0.4 is 9.64 Å². The number of hydrogen-bond acceptors (Lipinski definition) is 8. The van der Waals surface area contributed by atoms with Crippen molar-refractivity contribution in [3.8, 4) is 5.75 Å². The summed E-state index contributed by atoms with van der Waals surface area (Å²) in [5, 5.41) is 11.6. The number of hydrogen-bond donors (Lipinski definition) is 1. The molecule has 1 atom stereocenters. The number of fused-ring (bicyclic) bond motifs is 1. The summed E-state index contributed by atoms with van der Waals surface area (Å²) in [6.07, 6.45) is 0. The van der Waals surface area contributed by atoms with Crippen LogP contribution in [0.3, 0.4) is 0 Å². The summed E-state index contributed by atoms with van der Waals surface area (Å²) < 4.78 is 11.2. The molecule has 1 saturated heterocycles. The molecule has 1 aliphatic rings. The van der Waals surface area contributed by atoms with E-state index < -0.39 is 23.7 Å². The predicted octanol–water partition coefficient (Wildman–Crippen LogP) is 5.42. The lowest BCUT2D eigenvalue weighted by Crippen LogP contribution is -2.29. The smallest absolute Gasteiger partial charge is 0.337 e. The summed E-state index contributed by atoms with van der Waals surface area (Å²) in [5.41, 5.74) is 2.83. The van der Waals surface area contributed by atoms with Gasteiger partial charge < -0.3 is 14.6 Å². The van der Waals surface area contributed by atoms with Gasteiger partial charge in [0.2, 0.25) is 0 Å². The lowest BCUT2D eigenvalue weighted by atomic mass is 9.94. The first-order valence-electron chi connectivity index (χ1n) is 11.9. The van der Waals surface area contributed by atoms with Crippen molar-refractivity contribution in [2.24, 2.45) is 0 Å². The van der Waals surface area contributed by atoms with Crippen LogP contribution in [0.1, 0.15) is 40.0 Å². The van der Waals surface area contributed by atoms with Crippen LogP contribution in [0.25, 0.3) is 16.0 Å². The van der Waals surface area contributed by atoms with Crippen LogP contribution >= 0.6 is 11.3 Å². The SMILES string of the molecule is CCOc1ccc2nc(N3C(=O)C(=O)C(=C(O)c4ccc(C)cc4)[C@H]3c3ccc(C(=O)OC)cc3)sc2c1. The number of esters is 1. The number of rotatable bonds is 6. The van der Waals surface area contributed by atoms with Crippen LogP contribution in [0.15, 0.2) is 72.3 Å². The van der Waals surface area contributed by atoms with E-state index >= 15 is 0 Å². The van der Waals surface area contributed by atoms with Gasteiger partial charge in [-0.1, -0.05) is 53.3 Å². The van der Waals surface area contributed by atoms with Crippen molar-refractivity contribution in [1.82, 2.24) is 4.98 Å². The molecule has 38 heavy (non-hydrogen) atoms. The van der Waals surface area contributed by atoms with E-state index in [9.17, 15) is 19.5 Å². The quantitative estimate of drug-likeness (QED) is 0.154. The van der Waals surface area contributed by atoms with Crippen LogP contribution in [0.5, 0.6) is 5.75 Å². The monoisotopic (exact) mass is 528 g/mol. The van der Waals surface area contributed by atoms with E-state index in [2.05, 4.69) is 4.98 Å². The van der Waals surface area contributed by atoms with Gasteiger partial charge in [0.25, 0.3) is 5.78 Å². The minimum absolute atomic E-state index is 0.0565. The van der Waals surface area contributed by atoms with Crippen LogP contribution in [-0.4, -0.2) is 41.5 Å². The van der Waals surface area contributed by atoms with Gasteiger partial charge in [0.05, 0.1) is 41.1 Å². The minimum Gasteiger partial charge on any atom is -0.507 e. The largest absolute Gasteiger partial charge is 0.507 e. The Labute approximate surface area is 222 Å². The molecule has 0 aliphatic carbocycles. The Morgan fingerprint density at radius 2 is 1.71 bits per heavy atom. The third kappa shape index (κ3) is 4.41. The molecule has 1 amide bonds. The van der Waals surface area contributed by atoms with Crippen LogP contribution in [0.2, 0.25) is 0 Å². The fraction of sp³-hybridized carbons (Fsp3) is 0.172. The summed E-state index contributed by atoms with van der Waals surface area (Å²) in [6, 6.07) is 17.9. The first-order chi connectivity index (χ1) is 18.3. The molecule has 0 unspecified atom stereocenters. The first-order valence-corrected chi connectivity index (χ1v) is 12.7. The Hall–Kier alpha value is -4.50.